The Morgan fingerprint density at radius 1 is 1.19 bits per heavy atom. The van der Waals surface area contributed by atoms with Crippen LogP contribution in [0.3, 0.4) is 0 Å². The number of nitrogens with one attached hydrogen (secondary N) is 1. The second-order valence-corrected chi connectivity index (χ2v) is 9.01. The average molecular weight is 451 g/mol. The van der Waals surface area contributed by atoms with Crippen LogP contribution in [0.1, 0.15) is 29.0 Å². The van der Waals surface area contributed by atoms with E-state index in [1.54, 1.807) is 4.90 Å². The Morgan fingerprint density at radius 2 is 2.00 bits per heavy atom. The molecule has 0 saturated carbocycles. The fourth-order valence-corrected chi connectivity index (χ4v) is 4.55. The molecule has 1 fully saturated rings. The Balaban J connectivity index is 1.27. The molecule has 1 aliphatic rings. The zero-order valence-electron chi connectivity index (χ0n) is 18.2. The lowest BCUT2D eigenvalue weighted by molar-refractivity contribution is -0.122. The number of hydrogen-bond acceptors (Lipinski definition) is 6. The maximum atomic E-state index is 12.7. The number of anilines is 2. The summed E-state index contributed by atoms with van der Waals surface area (Å²) in [4.78, 5) is 27.0. The summed E-state index contributed by atoms with van der Waals surface area (Å²) in [6.07, 6.45) is 1.73. The largest absolute Gasteiger partial charge is 0.494 e. The van der Waals surface area contributed by atoms with Crippen molar-refractivity contribution >= 4 is 34.0 Å². The highest BCUT2D eigenvalue weighted by atomic mass is 32.1. The summed E-state index contributed by atoms with van der Waals surface area (Å²) in [6.45, 7) is 4.96. The topological polar surface area (TPSA) is 84.4 Å². The molecule has 1 atom stereocenters. The minimum Gasteiger partial charge on any atom is -0.494 e. The summed E-state index contributed by atoms with van der Waals surface area (Å²) in [5.41, 5.74) is 3.04. The normalized spacial score (nSPS) is 15.8. The number of benzene rings is 2. The molecule has 2 aromatic carbocycles. The molecule has 2 heterocycles. The van der Waals surface area contributed by atoms with Crippen LogP contribution in [0.15, 0.2) is 48.5 Å². The fourth-order valence-electron chi connectivity index (χ4n) is 3.77. The van der Waals surface area contributed by atoms with Crippen molar-refractivity contribution in [3.63, 3.8) is 0 Å². The van der Waals surface area contributed by atoms with Crippen molar-refractivity contribution < 1.29 is 14.3 Å². The molecule has 1 N–H and O–H groups in total. The van der Waals surface area contributed by atoms with Crippen molar-refractivity contribution in [2.45, 2.75) is 33.1 Å². The van der Waals surface area contributed by atoms with E-state index in [9.17, 15) is 9.59 Å². The summed E-state index contributed by atoms with van der Waals surface area (Å²) < 4.78 is 5.69. The number of nitrogens with zero attached hydrogens (tertiary/aromatic N) is 3. The van der Waals surface area contributed by atoms with Crippen molar-refractivity contribution in [2.75, 3.05) is 23.4 Å². The number of hydrogen-bond donors (Lipinski definition) is 1. The monoisotopic (exact) mass is 450 g/mol. The third-order valence-corrected chi connectivity index (χ3v) is 6.28. The lowest BCUT2D eigenvalue weighted by Crippen LogP contribution is -2.28. The molecular formula is C24H26N4O3S. The van der Waals surface area contributed by atoms with E-state index in [-0.39, 0.29) is 18.2 Å². The van der Waals surface area contributed by atoms with Gasteiger partial charge in [-0.05, 0) is 44.0 Å². The first kappa shape index (κ1) is 22.0. The maximum Gasteiger partial charge on any atom is 0.231 e. The second kappa shape index (κ2) is 9.91. The van der Waals surface area contributed by atoms with E-state index in [0.29, 0.717) is 18.3 Å². The molecular weight excluding hydrogens is 424 g/mol. The number of aromatic nitrogens is 2. The standard InChI is InChI=1S/C24H26N4O3S/c1-16-10-11-20(17(2)13-16)28-15-18(14-22(28)29)23(30)25-24-27-26-21(32-24)9-6-12-31-19-7-4-3-5-8-19/h3-5,7-8,10-11,13,18H,6,9,12,14-15H2,1-2H3,(H,25,27,30). The number of aryl methyl sites for hydroxylation is 3. The fraction of sp³-hybridized carbons (Fsp3) is 0.333. The summed E-state index contributed by atoms with van der Waals surface area (Å²) >= 11 is 1.36. The summed E-state index contributed by atoms with van der Waals surface area (Å²) in [6, 6.07) is 15.7. The van der Waals surface area contributed by atoms with E-state index in [1.807, 2.05) is 62.4 Å². The van der Waals surface area contributed by atoms with Crippen molar-refractivity contribution in [2.24, 2.45) is 5.92 Å². The van der Waals surface area contributed by atoms with Gasteiger partial charge in [0, 0.05) is 25.1 Å². The van der Waals surface area contributed by atoms with Crippen LogP contribution in [0.4, 0.5) is 10.8 Å². The van der Waals surface area contributed by atoms with Crippen molar-refractivity contribution in [3.8, 4) is 5.75 Å². The molecule has 4 rings (SSSR count). The van der Waals surface area contributed by atoms with Crippen LogP contribution in [0, 0.1) is 19.8 Å². The highest BCUT2D eigenvalue weighted by Crippen LogP contribution is 2.29. The maximum absolute atomic E-state index is 12.7. The number of carbonyl (C=O) groups excluding carboxylic acids is 2. The van der Waals surface area contributed by atoms with E-state index in [4.69, 9.17) is 4.74 Å². The average Bonchev–Trinajstić information content (AvgIpc) is 3.38. The zero-order chi connectivity index (χ0) is 22.5. The van der Waals surface area contributed by atoms with E-state index in [2.05, 4.69) is 15.5 Å². The Bertz CT molecular complexity index is 1100. The van der Waals surface area contributed by atoms with Crippen LogP contribution >= 0.6 is 11.3 Å². The number of carbonyl (C=O) groups is 2. The van der Waals surface area contributed by atoms with Gasteiger partial charge in [-0.3, -0.25) is 9.59 Å². The lowest BCUT2D eigenvalue weighted by Gasteiger charge is -2.19. The SMILES string of the molecule is Cc1ccc(N2CC(C(=O)Nc3nnc(CCCOc4ccccc4)s3)CC2=O)c(C)c1. The molecule has 0 spiro atoms. The van der Waals surface area contributed by atoms with Gasteiger partial charge in [-0.25, -0.2) is 0 Å². The third kappa shape index (κ3) is 5.31. The van der Waals surface area contributed by atoms with E-state index >= 15 is 0 Å². The highest BCUT2D eigenvalue weighted by molar-refractivity contribution is 7.15. The Morgan fingerprint density at radius 3 is 2.78 bits per heavy atom. The summed E-state index contributed by atoms with van der Waals surface area (Å²) in [5, 5.41) is 12.4. The van der Waals surface area contributed by atoms with Gasteiger partial charge in [-0.2, -0.15) is 0 Å². The van der Waals surface area contributed by atoms with Crippen LogP contribution < -0.4 is 15.0 Å². The van der Waals surface area contributed by atoms with Crippen LogP contribution in [0.25, 0.3) is 0 Å². The van der Waals surface area contributed by atoms with Gasteiger partial charge in [0.15, 0.2) is 0 Å². The van der Waals surface area contributed by atoms with Gasteiger partial charge in [0.05, 0.1) is 12.5 Å². The minimum atomic E-state index is -0.408. The molecule has 0 bridgehead atoms. The predicted octanol–water partition coefficient (Wildman–Crippen LogP) is 4.16. The van der Waals surface area contributed by atoms with Crippen LogP contribution in [0.2, 0.25) is 0 Å². The zero-order valence-corrected chi connectivity index (χ0v) is 19.0. The van der Waals surface area contributed by atoms with Gasteiger partial charge in [-0.1, -0.05) is 47.2 Å². The molecule has 1 saturated heterocycles. The molecule has 0 aliphatic carbocycles. The minimum absolute atomic E-state index is 0.0338. The molecule has 1 aromatic heterocycles. The smallest absolute Gasteiger partial charge is 0.231 e. The Labute approximate surface area is 191 Å². The molecule has 8 heteroatoms. The highest BCUT2D eigenvalue weighted by Gasteiger charge is 2.36. The lowest BCUT2D eigenvalue weighted by atomic mass is 10.1. The molecule has 3 aromatic rings. The van der Waals surface area contributed by atoms with Gasteiger partial charge in [0.25, 0.3) is 0 Å². The number of ether oxygens (including phenoxy) is 1. The predicted molar refractivity (Wildman–Crippen MR) is 125 cm³/mol. The van der Waals surface area contributed by atoms with Crippen LogP contribution in [-0.4, -0.2) is 35.2 Å². The first-order valence-corrected chi connectivity index (χ1v) is 11.5. The van der Waals surface area contributed by atoms with E-state index in [1.165, 1.54) is 11.3 Å². The van der Waals surface area contributed by atoms with Crippen LogP contribution in [-0.2, 0) is 16.0 Å². The number of para-hydroxylation sites is 1. The van der Waals surface area contributed by atoms with Gasteiger partial charge >= 0.3 is 0 Å². The van der Waals surface area contributed by atoms with Gasteiger partial charge in [0.1, 0.15) is 10.8 Å². The Kier molecular flexibility index (Phi) is 6.80. The first-order chi connectivity index (χ1) is 15.5. The van der Waals surface area contributed by atoms with Crippen molar-refractivity contribution in [1.29, 1.82) is 0 Å². The first-order valence-electron chi connectivity index (χ1n) is 10.7. The molecule has 166 valence electrons. The van der Waals surface area contributed by atoms with E-state index < -0.39 is 5.92 Å². The van der Waals surface area contributed by atoms with Crippen LogP contribution in [0.5, 0.6) is 5.75 Å². The molecule has 7 nitrogen and oxygen atoms in total. The summed E-state index contributed by atoms with van der Waals surface area (Å²) in [7, 11) is 0. The molecule has 32 heavy (non-hydrogen) atoms. The van der Waals surface area contributed by atoms with Gasteiger partial charge < -0.3 is 15.0 Å². The third-order valence-electron chi connectivity index (χ3n) is 5.38. The summed E-state index contributed by atoms with van der Waals surface area (Å²) in [5.74, 6) is 0.211. The molecule has 1 aliphatic heterocycles. The second-order valence-electron chi connectivity index (χ2n) is 7.95. The molecule has 0 radical (unpaired) electrons. The van der Waals surface area contributed by atoms with E-state index in [0.717, 1.165) is 40.4 Å². The van der Waals surface area contributed by atoms with Crippen molar-refractivity contribution in [1.82, 2.24) is 10.2 Å². The van der Waals surface area contributed by atoms with Gasteiger partial charge in [-0.15, -0.1) is 10.2 Å². The number of amides is 2. The van der Waals surface area contributed by atoms with Gasteiger partial charge in [0.2, 0.25) is 16.9 Å². The molecule has 2 amide bonds. The van der Waals surface area contributed by atoms with Crippen molar-refractivity contribution in [3.05, 3.63) is 64.7 Å². The Hall–Kier alpha value is -3.26. The number of rotatable bonds is 8. The molecule has 1 unspecified atom stereocenters. The quantitative estimate of drug-likeness (QED) is 0.521.